The monoisotopic (exact) mass is 406 g/mol. The fourth-order valence-corrected chi connectivity index (χ4v) is 4.11. The summed E-state index contributed by atoms with van der Waals surface area (Å²) in [6.07, 6.45) is 5.34. The summed E-state index contributed by atoms with van der Waals surface area (Å²) in [7, 11) is 0. The smallest absolute Gasteiger partial charge is 0.117 e. The summed E-state index contributed by atoms with van der Waals surface area (Å²) < 4.78 is 0. The van der Waals surface area contributed by atoms with Gasteiger partial charge in [-0.3, -0.25) is 0 Å². The lowest BCUT2D eigenvalue weighted by Gasteiger charge is -2.24. The molecule has 0 unspecified atom stereocenters. The first kappa shape index (κ1) is 21.7. The lowest BCUT2D eigenvalue weighted by Crippen LogP contribution is -2.24. The summed E-state index contributed by atoms with van der Waals surface area (Å²) in [5, 5.41) is 33.1. The third kappa shape index (κ3) is 6.22. The molecule has 1 aromatic heterocycles. The second kappa shape index (κ2) is 10.7. The Morgan fingerprint density at radius 1 is 1.26 bits per heavy atom. The zero-order chi connectivity index (χ0) is 19.8. The Bertz CT molecular complexity index is 755. The van der Waals surface area contributed by atoms with Gasteiger partial charge in [-0.25, -0.2) is 0 Å². The number of phenolic OH excluding ortho intramolecular Hbond substituents is 1. The van der Waals surface area contributed by atoms with Crippen molar-refractivity contribution in [2.45, 2.75) is 44.8 Å². The van der Waals surface area contributed by atoms with Crippen molar-refractivity contribution < 1.29 is 15.3 Å². The fourth-order valence-electron chi connectivity index (χ4n) is 3.11. The minimum absolute atomic E-state index is 0.140. The molecule has 0 aliphatic rings. The van der Waals surface area contributed by atoms with Crippen LogP contribution in [0.4, 0.5) is 0 Å². The predicted octanol–water partition coefficient (Wildman–Crippen LogP) is 5.97. The van der Waals surface area contributed by atoms with E-state index in [1.807, 2.05) is 23.6 Å². The fraction of sp³-hybridized carbons (Fsp3) is 0.364. The molecule has 5 heteroatoms. The van der Waals surface area contributed by atoms with Crippen molar-refractivity contribution in [1.29, 1.82) is 0 Å². The van der Waals surface area contributed by atoms with Gasteiger partial charge in [-0.15, -0.1) is 17.9 Å². The van der Waals surface area contributed by atoms with Gasteiger partial charge in [0.25, 0.3) is 0 Å². The predicted molar refractivity (Wildman–Crippen MR) is 114 cm³/mol. The van der Waals surface area contributed by atoms with Crippen LogP contribution in [0.5, 0.6) is 5.75 Å². The Morgan fingerprint density at radius 3 is 2.63 bits per heavy atom. The topological polar surface area (TPSA) is 60.7 Å². The summed E-state index contributed by atoms with van der Waals surface area (Å²) in [4.78, 5) is 0.833. The number of halogens is 1. The van der Waals surface area contributed by atoms with Crippen molar-refractivity contribution in [3.63, 3.8) is 0 Å². The molecule has 0 aliphatic carbocycles. The molecule has 0 radical (unpaired) electrons. The average molecular weight is 407 g/mol. The van der Waals surface area contributed by atoms with E-state index in [0.29, 0.717) is 17.9 Å². The standard InChI is InChI=1S/C22H27ClO3S/c1-3-6-15(13-16-9-10-17(24)14-19(16)23)8-11-20(25)18(4-2)22(26)21-7-5-12-27-21/h4-5,7,9-10,12-14,18,20,22,24-26H,2-3,6,8,11H2,1H3/b15-13+/t18-,20-,22+/m1/s1. The number of hydrogen-bond acceptors (Lipinski definition) is 4. The molecule has 3 N–H and O–H groups in total. The Hall–Kier alpha value is -1.59. The highest BCUT2D eigenvalue weighted by atomic mass is 35.5. The van der Waals surface area contributed by atoms with Crippen LogP contribution in [0.3, 0.4) is 0 Å². The SMILES string of the molecule is C=C[C@H]([C@H](O)CC/C(=C/c1ccc(O)cc1Cl)CCC)[C@H](O)c1cccs1. The molecule has 2 aromatic rings. The van der Waals surface area contributed by atoms with Gasteiger partial charge in [0.15, 0.2) is 0 Å². The summed E-state index contributed by atoms with van der Waals surface area (Å²) >= 11 is 7.68. The molecule has 0 amide bonds. The van der Waals surface area contributed by atoms with Crippen LogP contribution in [0, 0.1) is 5.92 Å². The molecular formula is C22H27ClO3S. The van der Waals surface area contributed by atoms with Crippen LogP contribution < -0.4 is 0 Å². The number of allylic oxidation sites excluding steroid dienone is 1. The highest BCUT2D eigenvalue weighted by Gasteiger charge is 2.26. The number of aromatic hydroxyl groups is 1. The van der Waals surface area contributed by atoms with Gasteiger partial charge in [0.05, 0.1) is 17.2 Å². The Morgan fingerprint density at radius 2 is 2.04 bits per heavy atom. The van der Waals surface area contributed by atoms with E-state index >= 15 is 0 Å². The summed E-state index contributed by atoms with van der Waals surface area (Å²) in [5.74, 6) is -0.273. The van der Waals surface area contributed by atoms with E-state index in [9.17, 15) is 15.3 Å². The molecule has 0 aliphatic heterocycles. The van der Waals surface area contributed by atoms with Crippen molar-refractivity contribution in [2.75, 3.05) is 0 Å². The number of rotatable bonds is 10. The van der Waals surface area contributed by atoms with Gasteiger partial charge in [-0.1, -0.05) is 48.7 Å². The van der Waals surface area contributed by atoms with Crippen LogP contribution in [0.25, 0.3) is 6.08 Å². The summed E-state index contributed by atoms with van der Waals surface area (Å²) in [6.45, 7) is 5.90. The molecule has 1 heterocycles. The molecule has 3 nitrogen and oxygen atoms in total. The first-order chi connectivity index (χ1) is 13.0. The molecule has 0 spiro atoms. The first-order valence-electron chi connectivity index (χ1n) is 9.16. The maximum Gasteiger partial charge on any atom is 0.117 e. The first-order valence-corrected chi connectivity index (χ1v) is 10.4. The zero-order valence-corrected chi connectivity index (χ0v) is 17.1. The molecule has 3 atom stereocenters. The number of aliphatic hydroxyl groups excluding tert-OH is 2. The second-order valence-corrected chi connectivity index (χ2v) is 8.02. The van der Waals surface area contributed by atoms with E-state index in [4.69, 9.17) is 11.6 Å². The number of hydrogen-bond donors (Lipinski definition) is 3. The quantitative estimate of drug-likeness (QED) is 0.426. The highest BCUT2D eigenvalue weighted by molar-refractivity contribution is 7.10. The molecule has 2 rings (SSSR count). The largest absolute Gasteiger partial charge is 0.508 e. The number of phenols is 1. The van der Waals surface area contributed by atoms with Gasteiger partial charge in [0.1, 0.15) is 5.75 Å². The zero-order valence-electron chi connectivity index (χ0n) is 15.5. The van der Waals surface area contributed by atoms with Gasteiger partial charge >= 0.3 is 0 Å². The molecular weight excluding hydrogens is 380 g/mol. The van der Waals surface area contributed by atoms with Crippen molar-refractivity contribution in [2.24, 2.45) is 5.92 Å². The van der Waals surface area contributed by atoms with E-state index < -0.39 is 18.1 Å². The summed E-state index contributed by atoms with van der Waals surface area (Å²) in [5.41, 5.74) is 2.03. The van der Waals surface area contributed by atoms with E-state index in [0.717, 1.165) is 23.3 Å². The van der Waals surface area contributed by atoms with Gasteiger partial charge in [0.2, 0.25) is 0 Å². The van der Waals surface area contributed by atoms with Crippen molar-refractivity contribution in [3.05, 3.63) is 69.4 Å². The van der Waals surface area contributed by atoms with Crippen LogP contribution in [0.15, 0.2) is 53.9 Å². The average Bonchev–Trinajstić information content (AvgIpc) is 3.17. The van der Waals surface area contributed by atoms with E-state index in [2.05, 4.69) is 13.5 Å². The van der Waals surface area contributed by atoms with Gasteiger partial charge < -0.3 is 15.3 Å². The lowest BCUT2D eigenvalue weighted by molar-refractivity contribution is 0.0336. The van der Waals surface area contributed by atoms with Crippen LogP contribution in [-0.4, -0.2) is 21.4 Å². The Balaban J connectivity index is 2.07. The molecule has 0 fully saturated rings. The van der Waals surface area contributed by atoms with E-state index in [1.165, 1.54) is 23.0 Å². The van der Waals surface area contributed by atoms with Crippen LogP contribution in [0.2, 0.25) is 5.02 Å². The maximum atomic E-state index is 10.6. The number of thiophene rings is 1. The minimum Gasteiger partial charge on any atom is -0.508 e. The third-order valence-corrected chi connectivity index (χ3v) is 5.86. The van der Waals surface area contributed by atoms with Gasteiger partial charge in [-0.2, -0.15) is 0 Å². The Labute approximate surface area is 170 Å². The normalized spacial score (nSPS) is 15.3. The highest BCUT2D eigenvalue weighted by Crippen LogP contribution is 2.32. The van der Waals surface area contributed by atoms with Gasteiger partial charge in [-0.05, 0) is 54.5 Å². The van der Waals surface area contributed by atoms with Crippen molar-refractivity contribution in [3.8, 4) is 5.75 Å². The maximum absolute atomic E-state index is 10.6. The minimum atomic E-state index is -0.748. The lowest BCUT2D eigenvalue weighted by atomic mass is 9.90. The van der Waals surface area contributed by atoms with Crippen molar-refractivity contribution >= 4 is 29.0 Å². The van der Waals surface area contributed by atoms with Gasteiger partial charge in [0, 0.05) is 10.8 Å². The van der Waals surface area contributed by atoms with Crippen LogP contribution in [0.1, 0.15) is 49.2 Å². The van der Waals surface area contributed by atoms with Crippen LogP contribution >= 0.6 is 22.9 Å². The number of benzene rings is 1. The third-order valence-electron chi connectivity index (χ3n) is 4.59. The Kier molecular flexibility index (Phi) is 8.58. The molecule has 146 valence electrons. The number of aliphatic hydroxyl groups is 2. The van der Waals surface area contributed by atoms with E-state index in [1.54, 1.807) is 18.2 Å². The molecule has 1 aromatic carbocycles. The molecule has 27 heavy (non-hydrogen) atoms. The van der Waals surface area contributed by atoms with E-state index in [-0.39, 0.29) is 5.75 Å². The summed E-state index contributed by atoms with van der Waals surface area (Å²) in [6, 6.07) is 8.68. The molecule has 0 saturated carbocycles. The second-order valence-electron chi connectivity index (χ2n) is 6.64. The molecule has 0 saturated heterocycles. The van der Waals surface area contributed by atoms with Crippen molar-refractivity contribution in [1.82, 2.24) is 0 Å². The van der Waals surface area contributed by atoms with Crippen LogP contribution in [-0.2, 0) is 0 Å². The molecule has 0 bridgehead atoms.